The lowest BCUT2D eigenvalue weighted by atomic mass is 9.83. The molecule has 0 spiro atoms. The number of rotatable bonds is 7. The number of benzene rings is 3. The Balaban J connectivity index is 1.40. The van der Waals surface area contributed by atoms with Gasteiger partial charge < -0.3 is 20.7 Å². The van der Waals surface area contributed by atoms with Crippen LogP contribution in [0.25, 0.3) is 0 Å². The molecule has 3 aromatic rings. The molecular formula is C28H30N4O3. The highest BCUT2D eigenvalue weighted by Gasteiger charge is 2.50. The molecule has 7 nitrogen and oxygen atoms in total. The van der Waals surface area contributed by atoms with Crippen molar-refractivity contribution in [2.75, 3.05) is 19.8 Å². The highest BCUT2D eigenvalue weighted by atomic mass is 16.5. The largest absolute Gasteiger partial charge is 0.629 e. The van der Waals surface area contributed by atoms with Gasteiger partial charge in [-0.3, -0.25) is 9.69 Å². The van der Waals surface area contributed by atoms with E-state index in [4.69, 9.17) is 15.5 Å². The molecule has 0 aliphatic carbocycles. The van der Waals surface area contributed by atoms with Crippen molar-refractivity contribution in [2.45, 2.75) is 24.9 Å². The lowest BCUT2D eigenvalue weighted by molar-refractivity contribution is -0.781. The summed E-state index contributed by atoms with van der Waals surface area (Å²) in [6.07, 6.45) is 1.84. The van der Waals surface area contributed by atoms with Crippen LogP contribution in [-0.2, 0) is 21.6 Å². The summed E-state index contributed by atoms with van der Waals surface area (Å²) in [5.74, 6) is 0.327. The topological polar surface area (TPSA) is 95.4 Å². The third-order valence-corrected chi connectivity index (χ3v) is 6.90. The summed E-state index contributed by atoms with van der Waals surface area (Å²) in [7, 11) is 0. The molecule has 2 aliphatic heterocycles. The van der Waals surface area contributed by atoms with Crippen LogP contribution in [0.15, 0.2) is 89.9 Å². The number of carbonyl (C=O) groups is 1. The molecule has 5 rings (SSSR count). The summed E-state index contributed by atoms with van der Waals surface area (Å²) in [5, 5.41) is 13.1. The van der Waals surface area contributed by atoms with E-state index in [1.54, 1.807) is 0 Å². The van der Waals surface area contributed by atoms with Gasteiger partial charge in [0.05, 0.1) is 13.1 Å². The van der Waals surface area contributed by atoms with Crippen LogP contribution < -0.4 is 10.8 Å². The first-order valence-electron chi connectivity index (χ1n) is 12.1. The summed E-state index contributed by atoms with van der Waals surface area (Å²) < 4.78 is 5.41. The zero-order chi connectivity index (χ0) is 24.3. The first kappa shape index (κ1) is 23.2. The fourth-order valence-corrected chi connectivity index (χ4v) is 4.99. The minimum atomic E-state index is -1.23. The maximum atomic E-state index is 14.0. The van der Waals surface area contributed by atoms with Crippen molar-refractivity contribution in [1.82, 2.24) is 4.90 Å². The number of amides is 1. The van der Waals surface area contributed by atoms with E-state index < -0.39 is 5.54 Å². The normalized spacial score (nSPS) is 18.9. The smallest absolute Gasteiger partial charge is 0.266 e. The van der Waals surface area contributed by atoms with E-state index in [1.165, 1.54) is 4.90 Å². The summed E-state index contributed by atoms with van der Waals surface area (Å²) in [4.78, 5) is 20.2. The molecule has 1 amide bonds. The van der Waals surface area contributed by atoms with Gasteiger partial charge in [0.15, 0.2) is 11.5 Å². The van der Waals surface area contributed by atoms with Crippen LogP contribution in [-0.4, -0.2) is 36.5 Å². The highest BCUT2D eigenvalue weighted by Crippen LogP contribution is 2.40. The molecule has 180 valence electrons. The molecule has 0 saturated carbocycles. The summed E-state index contributed by atoms with van der Waals surface area (Å²) in [6.45, 7) is 2.20. The average Bonchev–Trinajstić information content (AvgIpc) is 3.16. The van der Waals surface area contributed by atoms with Crippen molar-refractivity contribution in [1.29, 1.82) is 0 Å². The van der Waals surface area contributed by atoms with E-state index in [0.717, 1.165) is 42.7 Å². The van der Waals surface area contributed by atoms with Gasteiger partial charge in [0, 0.05) is 25.2 Å². The third-order valence-electron chi connectivity index (χ3n) is 6.90. The zero-order valence-electron chi connectivity index (χ0n) is 19.6. The second kappa shape index (κ2) is 10.00. The number of hydroxylamine groups is 1. The van der Waals surface area contributed by atoms with Gasteiger partial charge in [-0.2, -0.15) is 0 Å². The van der Waals surface area contributed by atoms with Gasteiger partial charge in [-0.1, -0.05) is 72.8 Å². The Morgan fingerprint density at radius 1 is 0.971 bits per heavy atom. The number of nitrogens with two attached hydrogens (primary N) is 1. The molecule has 3 aromatic carbocycles. The number of hydrogen-bond donors (Lipinski definition) is 2. The fraction of sp³-hybridized carbons (Fsp3) is 0.286. The molecule has 35 heavy (non-hydrogen) atoms. The number of hydrogen-bond acceptors (Lipinski definition) is 5. The Morgan fingerprint density at radius 3 is 2.23 bits per heavy atom. The molecule has 1 fully saturated rings. The second-order valence-electron chi connectivity index (χ2n) is 9.19. The number of nitrogens with one attached hydrogen (secondary N) is 1. The third kappa shape index (κ3) is 4.58. The molecule has 0 bridgehead atoms. The first-order valence-corrected chi connectivity index (χ1v) is 12.1. The van der Waals surface area contributed by atoms with Crippen molar-refractivity contribution in [2.24, 2.45) is 16.6 Å². The average molecular weight is 471 g/mol. The molecule has 0 radical (unpaired) electrons. The second-order valence-corrected chi connectivity index (χ2v) is 9.19. The van der Waals surface area contributed by atoms with Crippen molar-refractivity contribution in [3.8, 4) is 0 Å². The van der Waals surface area contributed by atoms with Crippen LogP contribution in [0.1, 0.15) is 29.5 Å². The summed E-state index contributed by atoms with van der Waals surface area (Å²) in [5.41, 5.74) is 8.16. The highest BCUT2D eigenvalue weighted by molar-refractivity contribution is 6.09. The Morgan fingerprint density at radius 2 is 1.60 bits per heavy atom. The van der Waals surface area contributed by atoms with Gasteiger partial charge in [-0.25, -0.2) is 4.99 Å². The van der Waals surface area contributed by atoms with E-state index in [9.17, 15) is 10.0 Å². The number of nitrogens with zero attached hydrogens (tertiary/aromatic N) is 2. The molecule has 7 heteroatoms. The monoisotopic (exact) mass is 470 g/mol. The van der Waals surface area contributed by atoms with E-state index in [1.807, 2.05) is 84.9 Å². The lowest BCUT2D eigenvalue weighted by Crippen LogP contribution is -3.03. The SMILES string of the molecule is NC1=NC(c2ccccc2)(c2ccccc2)C(=O)N1Cc1cccc([NH+]([O-])CC2CCOCC2)c1. The van der Waals surface area contributed by atoms with Crippen LogP contribution in [0, 0.1) is 11.1 Å². The Kier molecular flexibility index (Phi) is 6.63. The molecule has 2 aliphatic rings. The predicted octanol–water partition coefficient (Wildman–Crippen LogP) is 2.73. The maximum Gasteiger partial charge on any atom is 0.266 e. The van der Waals surface area contributed by atoms with Gasteiger partial charge >= 0.3 is 0 Å². The van der Waals surface area contributed by atoms with Crippen molar-refractivity contribution in [3.63, 3.8) is 0 Å². The minimum absolute atomic E-state index is 0.121. The molecule has 1 saturated heterocycles. The van der Waals surface area contributed by atoms with E-state index >= 15 is 0 Å². The standard InChI is InChI=1S/C28H30N4O3/c29-27-30-28(23-9-3-1-4-10-23,24-11-5-2-6-12-24)26(33)31(27)19-22-8-7-13-25(18-22)32(34)20-21-14-16-35-17-15-21/h1-13,18,21,32H,14-17,19-20H2,(H2,29,30). The van der Waals surface area contributed by atoms with Crippen molar-refractivity contribution in [3.05, 3.63) is 107 Å². The minimum Gasteiger partial charge on any atom is -0.629 e. The van der Waals surface area contributed by atoms with Gasteiger partial charge in [0.2, 0.25) is 0 Å². The molecule has 2 heterocycles. The molecular weight excluding hydrogens is 440 g/mol. The number of ether oxygens (including phenoxy) is 1. The van der Waals surface area contributed by atoms with Crippen LogP contribution >= 0.6 is 0 Å². The van der Waals surface area contributed by atoms with Crippen LogP contribution in [0.4, 0.5) is 5.69 Å². The van der Waals surface area contributed by atoms with Gasteiger partial charge in [-0.15, -0.1) is 0 Å². The Labute approximate surface area is 205 Å². The number of aliphatic imine (C=N–C) groups is 1. The quantitative estimate of drug-likeness (QED) is 0.519. The Bertz CT molecular complexity index is 1150. The molecule has 1 atom stereocenters. The zero-order valence-corrected chi connectivity index (χ0v) is 19.6. The van der Waals surface area contributed by atoms with E-state index in [0.29, 0.717) is 18.2 Å². The first-order chi connectivity index (χ1) is 17.1. The molecule has 0 aromatic heterocycles. The van der Waals surface area contributed by atoms with Gasteiger partial charge in [0.1, 0.15) is 5.69 Å². The van der Waals surface area contributed by atoms with Gasteiger partial charge in [-0.05, 0) is 35.6 Å². The maximum absolute atomic E-state index is 14.0. The van der Waals surface area contributed by atoms with Crippen molar-refractivity contribution >= 4 is 17.6 Å². The van der Waals surface area contributed by atoms with Gasteiger partial charge in [0.25, 0.3) is 5.91 Å². The number of carbonyl (C=O) groups excluding carboxylic acids is 1. The summed E-state index contributed by atoms with van der Waals surface area (Å²) in [6, 6.07) is 26.5. The van der Waals surface area contributed by atoms with E-state index in [2.05, 4.69) is 0 Å². The van der Waals surface area contributed by atoms with Crippen LogP contribution in [0.3, 0.4) is 0 Å². The predicted molar refractivity (Wildman–Crippen MR) is 135 cm³/mol. The fourth-order valence-electron chi connectivity index (χ4n) is 4.99. The number of guanidine groups is 1. The molecule has 3 N–H and O–H groups in total. The number of quaternary nitrogens is 1. The van der Waals surface area contributed by atoms with Crippen LogP contribution in [0.5, 0.6) is 0 Å². The van der Waals surface area contributed by atoms with E-state index in [-0.39, 0.29) is 23.5 Å². The summed E-state index contributed by atoms with van der Waals surface area (Å²) >= 11 is 0. The van der Waals surface area contributed by atoms with Crippen molar-refractivity contribution < 1.29 is 14.6 Å². The molecule has 1 unspecified atom stereocenters. The van der Waals surface area contributed by atoms with Crippen LogP contribution in [0.2, 0.25) is 0 Å². The Hall–Kier alpha value is -3.52. The lowest BCUT2D eigenvalue weighted by Gasteiger charge is -2.29.